The number of aromatic nitrogens is 2. The van der Waals surface area contributed by atoms with Crippen LogP contribution in [0.2, 0.25) is 0 Å². The molecule has 154 valence electrons. The Labute approximate surface area is 179 Å². The molecule has 5 rings (SSSR count). The topological polar surface area (TPSA) is 65.4 Å². The van der Waals surface area contributed by atoms with Crippen molar-refractivity contribution in [2.75, 3.05) is 18.5 Å². The van der Waals surface area contributed by atoms with Gasteiger partial charge in [-0.25, -0.2) is 4.98 Å². The Bertz CT molecular complexity index is 1260. The Balaban J connectivity index is 1.40. The smallest absolute Gasteiger partial charge is 0.244 e. The van der Waals surface area contributed by atoms with E-state index in [1.807, 2.05) is 83.4 Å². The van der Waals surface area contributed by atoms with Crippen molar-refractivity contribution in [2.45, 2.75) is 6.54 Å². The number of hydrogen-bond acceptors (Lipinski definition) is 4. The number of ether oxygens (including phenoxy) is 2. The summed E-state index contributed by atoms with van der Waals surface area (Å²) in [6.07, 6.45) is 3.93. The number of fused-ring (bicyclic) bond motifs is 2. The van der Waals surface area contributed by atoms with Crippen LogP contribution in [-0.2, 0) is 11.3 Å². The van der Waals surface area contributed by atoms with Gasteiger partial charge in [0.1, 0.15) is 25.6 Å². The third-order valence-electron chi connectivity index (χ3n) is 5.04. The van der Waals surface area contributed by atoms with Crippen LogP contribution in [0, 0.1) is 0 Å². The van der Waals surface area contributed by atoms with Crippen molar-refractivity contribution in [3.05, 3.63) is 84.2 Å². The summed E-state index contributed by atoms with van der Waals surface area (Å²) in [7, 11) is 0. The SMILES string of the molecule is O=C(Cn1c(/C=C/c2ccccc2)nc2ccccc21)Nc1ccc2c(c1)OCCO2. The highest BCUT2D eigenvalue weighted by Gasteiger charge is 2.15. The highest BCUT2D eigenvalue weighted by atomic mass is 16.6. The number of hydrogen-bond donors (Lipinski definition) is 1. The third kappa shape index (κ3) is 4.14. The van der Waals surface area contributed by atoms with Crippen LogP contribution in [0.15, 0.2) is 72.8 Å². The molecule has 0 unspecified atom stereocenters. The minimum absolute atomic E-state index is 0.142. The van der Waals surface area contributed by atoms with E-state index in [1.165, 1.54) is 0 Å². The molecule has 0 bridgehead atoms. The summed E-state index contributed by atoms with van der Waals surface area (Å²) in [5, 5.41) is 2.95. The molecule has 6 nitrogen and oxygen atoms in total. The van der Waals surface area contributed by atoms with Crippen molar-refractivity contribution in [1.29, 1.82) is 0 Å². The maximum absolute atomic E-state index is 12.9. The summed E-state index contributed by atoms with van der Waals surface area (Å²) in [4.78, 5) is 17.6. The van der Waals surface area contributed by atoms with Gasteiger partial charge >= 0.3 is 0 Å². The van der Waals surface area contributed by atoms with Gasteiger partial charge < -0.3 is 19.4 Å². The number of benzene rings is 3. The van der Waals surface area contributed by atoms with Gasteiger partial charge in [0, 0.05) is 11.8 Å². The van der Waals surface area contributed by atoms with Crippen LogP contribution in [0.25, 0.3) is 23.2 Å². The molecule has 0 aliphatic carbocycles. The largest absolute Gasteiger partial charge is 0.486 e. The van der Waals surface area contributed by atoms with Crippen molar-refractivity contribution in [3.8, 4) is 11.5 Å². The molecule has 4 aromatic rings. The molecule has 1 aliphatic heterocycles. The first kappa shape index (κ1) is 18.9. The van der Waals surface area contributed by atoms with Crippen LogP contribution in [0.4, 0.5) is 5.69 Å². The predicted molar refractivity (Wildman–Crippen MR) is 121 cm³/mol. The molecule has 6 heteroatoms. The van der Waals surface area contributed by atoms with Crippen molar-refractivity contribution >= 4 is 34.8 Å². The summed E-state index contributed by atoms with van der Waals surface area (Å²) in [5.41, 5.74) is 3.50. The van der Waals surface area contributed by atoms with Gasteiger partial charge in [0.2, 0.25) is 5.91 Å². The number of nitrogens with one attached hydrogen (secondary N) is 1. The van der Waals surface area contributed by atoms with Crippen LogP contribution in [0.1, 0.15) is 11.4 Å². The fraction of sp³-hybridized carbons (Fsp3) is 0.120. The van der Waals surface area contributed by atoms with Gasteiger partial charge in [-0.05, 0) is 35.9 Å². The molecule has 2 heterocycles. The van der Waals surface area contributed by atoms with Gasteiger partial charge in [0.05, 0.1) is 11.0 Å². The second kappa shape index (κ2) is 8.36. The lowest BCUT2D eigenvalue weighted by atomic mass is 10.2. The maximum atomic E-state index is 12.9. The van der Waals surface area contributed by atoms with Crippen molar-refractivity contribution in [1.82, 2.24) is 9.55 Å². The van der Waals surface area contributed by atoms with E-state index in [2.05, 4.69) is 5.32 Å². The molecule has 1 aromatic heterocycles. The van der Waals surface area contributed by atoms with Gasteiger partial charge in [0.15, 0.2) is 11.5 Å². The second-order valence-electron chi connectivity index (χ2n) is 7.20. The van der Waals surface area contributed by atoms with Crippen LogP contribution >= 0.6 is 0 Å². The van der Waals surface area contributed by atoms with E-state index < -0.39 is 0 Å². The van der Waals surface area contributed by atoms with Crippen LogP contribution < -0.4 is 14.8 Å². The van der Waals surface area contributed by atoms with Gasteiger partial charge in [0.25, 0.3) is 0 Å². The lowest BCUT2D eigenvalue weighted by Gasteiger charge is -2.19. The zero-order chi connectivity index (χ0) is 21.0. The molecule has 31 heavy (non-hydrogen) atoms. The van der Waals surface area contributed by atoms with Gasteiger partial charge in [-0.1, -0.05) is 48.5 Å². The van der Waals surface area contributed by atoms with Crippen molar-refractivity contribution < 1.29 is 14.3 Å². The first-order valence-corrected chi connectivity index (χ1v) is 10.1. The van der Waals surface area contributed by atoms with E-state index in [0.717, 1.165) is 22.4 Å². The Morgan fingerprint density at radius 1 is 0.935 bits per heavy atom. The number of carbonyl (C=O) groups excluding carboxylic acids is 1. The van der Waals surface area contributed by atoms with E-state index in [-0.39, 0.29) is 12.5 Å². The fourth-order valence-corrected chi connectivity index (χ4v) is 3.59. The minimum atomic E-state index is -0.144. The first-order chi connectivity index (χ1) is 15.3. The third-order valence-corrected chi connectivity index (χ3v) is 5.04. The fourth-order valence-electron chi connectivity index (χ4n) is 3.59. The molecule has 0 spiro atoms. The average Bonchev–Trinajstić information content (AvgIpc) is 3.15. The normalized spacial score (nSPS) is 12.9. The zero-order valence-electron chi connectivity index (χ0n) is 16.8. The molecule has 0 saturated carbocycles. The molecule has 1 N–H and O–H groups in total. The number of imidazole rings is 1. The lowest BCUT2D eigenvalue weighted by molar-refractivity contribution is -0.116. The number of para-hydroxylation sites is 2. The molecule has 0 fully saturated rings. The zero-order valence-corrected chi connectivity index (χ0v) is 16.8. The molecule has 1 amide bonds. The monoisotopic (exact) mass is 411 g/mol. The van der Waals surface area contributed by atoms with E-state index in [0.29, 0.717) is 30.4 Å². The molecule has 0 saturated heterocycles. The number of anilines is 1. The quantitative estimate of drug-likeness (QED) is 0.521. The Kier molecular flexibility index (Phi) is 5.10. The van der Waals surface area contributed by atoms with Crippen LogP contribution in [0.5, 0.6) is 11.5 Å². The minimum Gasteiger partial charge on any atom is -0.486 e. The molecule has 0 atom stereocenters. The number of carbonyl (C=O) groups is 1. The second-order valence-corrected chi connectivity index (χ2v) is 7.20. The van der Waals surface area contributed by atoms with E-state index in [1.54, 1.807) is 6.07 Å². The Hall–Kier alpha value is -4.06. The van der Waals surface area contributed by atoms with Gasteiger partial charge in [-0.2, -0.15) is 0 Å². The highest BCUT2D eigenvalue weighted by molar-refractivity contribution is 5.92. The van der Waals surface area contributed by atoms with E-state index >= 15 is 0 Å². The van der Waals surface area contributed by atoms with Crippen LogP contribution in [-0.4, -0.2) is 28.7 Å². The standard InChI is InChI=1S/C25H21N3O3/c29-25(26-19-11-12-22-23(16-19)31-15-14-30-22)17-28-21-9-5-4-8-20(21)27-24(28)13-10-18-6-2-1-3-7-18/h1-13,16H,14-15,17H2,(H,26,29)/b13-10+. The number of nitrogens with zero attached hydrogens (tertiary/aromatic N) is 2. The Morgan fingerprint density at radius 3 is 2.58 bits per heavy atom. The molecule has 1 aliphatic rings. The number of rotatable bonds is 5. The summed E-state index contributed by atoms with van der Waals surface area (Å²) in [5.74, 6) is 1.92. The summed E-state index contributed by atoms with van der Waals surface area (Å²) >= 11 is 0. The van der Waals surface area contributed by atoms with Crippen molar-refractivity contribution in [2.24, 2.45) is 0 Å². The van der Waals surface area contributed by atoms with Gasteiger partial charge in [-0.3, -0.25) is 4.79 Å². The summed E-state index contributed by atoms with van der Waals surface area (Å²) in [6, 6.07) is 23.2. The molecular weight excluding hydrogens is 390 g/mol. The summed E-state index contributed by atoms with van der Waals surface area (Å²) in [6.45, 7) is 1.18. The molecule has 0 radical (unpaired) electrons. The molecular formula is C25H21N3O3. The maximum Gasteiger partial charge on any atom is 0.244 e. The average molecular weight is 411 g/mol. The Morgan fingerprint density at radius 2 is 1.71 bits per heavy atom. The van der Waals surface area contributed by atoms with Gasteiger partial charge in [-0.15, -0.1) is 0 Å². The predicted octanol–water partition coefficient (Wildman–Crippen LogP) is 4.62. The highest BCUT2D eigenvalue weighted by Crippen LogP contribution is 2.32. The van der Waals surface area contributed by atoms with Crippen LogP contribution in [0.3, 0.4) is 0 Å². The number of amides is 1. The van der Waals surface area contributed by atoms with E-state index in [4.69, 9.17) is 14.5 Å². The lowest BCUT2D eigenvalue weighted by Crippen LogP contribution is -2.20. The van der Waals surface area contributed by atoms with Crippen molar-refractivity contribution in [3.63, 3.8) is 0 Å². The van der Waals surface area contributed by atoms with E-state index in [9.17, 15) is 4.79 Å². The first-order valence-electron chi connectivity index (χ1n) is 10.1. The molecule has 3 aromatic carbocycles. The summed E-state index contributed by atoms with van der Waals surface area (Å²) < 4.78 is 13.1.